The SMILES string of the molecule is NC(=NO)c1cc(Cl)ccc1N(CC(F)(F)F)C1CC1. The third kappa shape index (κ3) is 3.47. The van der Waals surface area contributed by atoms with Crippen LogP contribution in [0.15, 0.2) is 23.4 Å². The lowest BCUT2D eigenvalue weighted by Gasteiger charge is -2.27. The molecule has 0 spiro atoms. The van der Waals surface area contributed by atoms with Crippen molar-refractivity contribution in [2.24, 2.45) is 10.9 Å². The van der Waals surface area contributed by atoms with Gasteiger partial charge < -0.3 is 15.8 Å². The fourth-order valence-electron chi connectivity index (χ4n) is 2.01. The molecule has 1 aromatic rings. The third-order valence-corrected chi connectivity index (χ3v) is 3.22. The molecule has 0 saturated heterocycles. The van der Waals surface area contributed by atoms with Crippen molar-refractivity contribution in [2.75, 3.05) is 11.4 Å². The van der Waals surface area contributed by atoms with E-state index in [1.165, 1.54) is 23.1 Å². The van der Waals surface area contributed by atoms with Crippen LogP contribution in [0.2, 0.25) is 5.02 Å². The first-order valence-electron chi connectivity index (χ1n) is 5.92. The Morgan fingerprint density at radius 3 is 2.60 bits per heavy atom. The lowest BCUT2D eigenvalue weighted by molar-refractivity contribution is -0.120. The summed E-state index contributed by atoms with van der Waals surface area (Å²) in [6.45, 7) is -1.08. The molecule has 0 heterocycles. The molecular formula is C12H13ClF3N3O. The lowest BCUT2D eigenvalue weighted by atomic mass is 10.1. The standard InChI is InChI=1S/C12H13ClF3N3O/c13-7-1-4-10(9(5-7)11(17)18-20)19(8-2-3-8)6-12(14,15)16/h1,4-5,8,20H,2-3,6H2,(H2,17,18). The van der Waals surface area contributed by atoms with E-state index < -0.39 is 12.7 Å². The molecule has 2 rings (SSSR count). The molecule has 0 amide bonds. The zero-order valence-electron chi connectivity index (χ0n) is 10.4. The largest absolute Gasteiger partial charge is 0.409 e. The highest BCUT2D eigenvalue weighted by Gasteiger charge is 2.39. The molecule has 20 heavy (non-hydrogen) atoms. The van der Waals surface area contributed by atoms with Crippen molar-refractivity contribution in [2.45, 2.75) is 25.1 Å². The Labute approximate surface area is 118 Å². The minimum absolute atomic E-state index is 0.178. The van der Waals surface area contributed by atoms with Gasteiger partial charge in [-0.1, -0.05) is 16.8 Å². The molecular weight excluding hydrogens is 295 g/mol. The number of hydrogen-bond acceptors (Lipinski definition) is 3. The molecule has 8 heteroatoms. The number of hydrogen-bond donors (Lipinski definition) is 2. The van der Waals surface area contributed by atoms with Gasteiger partial charge >= 0.3 is 6.18 Å². The van der Waals surface area contributed by atoms with E-state index in [2.05, 4.69) is 5.16 Å². The molecule has 1 fully saturated rings. The van der Waals surface area contributed by atoms with Crippen molar-refractivity contribution in [3.63, 3.8) is 0 Å². The second-order valence-corrected chi connectivity index (χ2v) is 5.06. The van der Waals surface area contributed by atoms with Crippen molar-refractivity contribution in [1.29, 1.82) is 0 Å². The Bertz CT molecular complexity index is 529. The van der Waals surface area contributed by atoms with Crippen LogP contribution in [0, 0.1) is 0 Å². The number of nitrogens with zero attached hydrogens (tertiary/aromatic N) is 2. The maximum Gasteiger partial charge on any atom is 0.405 e. The van der Waals surface area contributed by atoms with Crippen molar-refractivity contribution in [3.8, 4) is 0 Å². The quantitative estimate of drug-likeness (QED) is 0.389. The highest BCUT2D eigenvalue weighted by atomic mass is 35.5. The van der Waals surface area contributed by atoms with Crippen LogP contribution in [-0.4, -0.2) is 29.8 Å². The van der Waals surface area contributed by atoms with Crippen LogP contribution in [-0.2, 0) is 0 Å². The fraction of sp³-hybridized carbons (Fsp3) is 0.417. The molecule has 4 nitrogen and oxygen atoms in total. The number of alkyl halides is 3. The summed E-state index contributed by atoms with van der Waals surface area (Å²) in [7, 11) is 0. The zero-order chi connectivity index (χ0) is 14.9. The zero-order valence-corrected chi connectivity index (χ0v) is 11.1. The maximum atomic E-state index is 12.7. The van der Waals surface area contributed by atoms with Gasteiger partial charge in [0.1, 0.15) is 6.54 Å². The molecule has 0 aromatic heterocycles. The Hall–Kier alpha value is -1.63. The van der Waals surface area contributed by atoms with E-state index in [1.54, 1.807) is 0 Å². The summed E-state index contributed by atoms with van der Waals surface area (Å²) < 4.78 is 38.1. The third-order valence-electron chi connectivity index (χ3n) is 2.99. The first-order valence-corrected chi connectivity index (χ1v) is 6.30. The smallest absolute Gasteiger partial charge is 0.405 e. The predicted molar refractivity (Wildman–Crippen MR) is 70.4 cm³/mol. The molecule has 0 radical (unpaired) electrons. The van der Waals surface area contributed by atoms with E-state index in [1.807, 2.05) is 0 Å². The van der Waals surface area contributed by atoms with Gasteiger partial charge in [-0.05, 0) is 31.0 Å². The molecule has 0 atom stereocenters. The number of amidine groups is 1. The fourth-order valence-corrected chi connectivity index (χ4v) is 2.18. The average molecular weight is 308 g/mol. The summed E-state index contributed by atoms with van der Waals surface area (Å²) in [5, 5.41) is 11.9. The van der Waals surface area contributed by atoms with Crippen molar-refractivity contribution < 1.29 is 18.4 Å². The molecule has 0 bridgehead atoms. The molecule has 1 aromatic carbocycles. The number of oxime groups is 1. The molecule has 3 N–H and O–H groups in total. The Kier molecular flexibility index (Phi) is 3.99. The minimum atomic E-state index is -4.33. The topological polar surface area (TPSA) is 61.9 Å². The summed E-state index contributed by atoms with van der Waals surface area (Å²) in [5.41, 5.74) is 5.98. The normalized spacial score (nSPS) is 16.3. The van der Waals surface area contributed by atoms with Crippen molar-refractivity contribution in [1.82, 2.24) is 0 Å². The molecule has 1 aliphatic rings. The summed E-state index contributed by atoms with van der Waals surface area (Å²) in [4.78, 5) is 1.23. The molecule has 1 aliphatic carbocycles. The van der Waals surface area contributed by atoms with Crippen molar-refractivity contribution in [3.05, 3.63) is 28.8 Å². The van der Waals surface area contributed by atoms with Crippen LogP contribution in [0.3, 0.4) is 0 Å². The van der Waals surface area contributed by atoms with Crippen molar-refractivity contribution >= 4 is 23.1 Å². The van der Waals surface area contributed by atoms with Gasteiger partial charge in [0.05, 0.1) is 0 Å². The second-order valence-electron chi connectivity index (χ2n) is 4.62. The summed E-state index contributed by atoms with van der Waals surface area (Å²) >= 11 is 5.82. The van der Waals surface area contributed by atoms with Gasteiger partial charge in [-0.3, -0.25) is 0 Å². The predicted octanol–water partition coefficient (Wildman–Crippen LogP) is 2.97. The molecule has 1 saturated carbocycles. The van der Waals surface area contributed by atoms with Gasteiger partial charge in [0.2, 0.25) is 0 Å². The van der Waals surface area contributed by atoms with E-state index in [0.29, 0.717) is 17.9 Å². The number of anilines is 1. The van der Waals surface area contributed by atoms with Gasteiger partial charge in [-0.25, -0.2) is 0 Å². The monoisotopic (exact) mass is 307 g/mol. The van der Waals surface area contributed by atoms with E-state index in [-0.39, 0.29) is 23.1 Å². The summed E-state index contributed by atoms with van der Waals surface area (Å²) in [6.07, 6.45) is -2.95. The molecule has 110 valence electrons. The van der Waals surface area contributed by atoms with Crippen LogP contribution >= 0.6 is 11.6 Å². The first kappa shape index (κ1) is 14.8. The number of halogens is 4. The van der Waals surface area contributed by atoms with Gasteiger partial charge in [0.25, 0.3) is 0 Å². The van der Waals surface area contributed by atoms with E-state index in [4.69, 9.17) is 22.5 Å². The van der Waals surface area contributed by atoms with Gasteiger partial charge in [0, 0.05) is 22.3 Å². The summed E-state index contributed by atoms with van der Waals surface area (Å²) in [5.74, 6) is -0.268. The van der Waals surface area contributed by atoms with E-state index in [0.717, 1.165) is 0 Å². The highest BCUT2D eigenvalue weighted by molar-refractivity contribution is 6.31. The van der Waals surface area contributed by atoms with E-state index in [9.17, 15) is 13.2 Å². The average Bonchev–Trinajstić information content (AvgIpc) is 3.18. The minimum Gasteiger partial charge on any atom is -0.409 e. The van der Waals surface area contributed by atoms with Crippen LogP contribution in [0.1, 0.15) is 18.4 Å². The van der Waals surface area contributed by atoms with Gasteiger partial charge in [0.15, 0.2) is 5.84 Å². The van der Waals surface area contributed by atoms with Gasteiger partial charge in [-0.15, -0.1) is 0 Å². The second kappa shape index (κ2) is 5.40. The van der Waals surface area contributed by atoms with Crippen LogP contribution < -0.4 is 10.6 Å². The Balaban J connectivity index is 2.42. The Morgan fingerprint density at radius 1 is 1.45 bits per heavy atom. The van der Waals surface area contributed by atoms with E-state index >= 15 is 0 Å². The first-order chi connectivity index (χ1) is 9.31. The molecule has 0 aliphatic heterocycles. The number of nitrogens with two attached hydrogens (primary N) is 1. The number of benzene rings is 1. The summed E-state index contributed by atoms with van der Waals surface area (Å²) in [6, 6.07) is 4.15. The highest BCUT2D eigenvalue weighted by Crippen LogP contribution is 2.36. The molecule has 0 unspecified atom stereocenters. The number of rotatable bonds is 4. The lowest BCUT2D eigenvalue weighted by Crippen LogP contribution is -2.37. The van der Waals surface area contributed by atoms with Crippen LogP contribution in [0.5, 0.6) is 0 Å². The Morgan fingerprint density at radius 2 is 2.10 bits per heavy atom. The van der Waals surface area contributed by atoms with Crippen LogP contribution in [0.25, 0.3) is 0 Å². The maximum absolute atomic E-state index is 12.7. The van der Waals surface area contributed by atoms with Gasteiger partial charge in [-0.2, -0.15) is 13.2 Å². The van der Waals surface area contributed by atoms with Crippen LogP contribution in [0.4, 0.5) is 18.9 Å².